The van der Waals surface area contributed by atoms with Crippen LogP contribution in [0.5, 0.6) is 5.75 Å². The van der Waals surface area contributed by atoms with Gasteiger partial charge in [0.15, 0.2) is 5.82 Å². The third kappa shape index (κ3) is 3.10. The first-order chi connectivity index (χ1) is 9.90. The molecular weight excluding hydrogens is 266 g/mol. The fourth-order valence-corrected chi connectivity index (χ4v) is 2.13. The highest BCUT2D eigenvalue weighted by atomic mass is 16.3. The zero-order valence-electron chi connectivity index (χ0n) is 12.6. The third-order valence-corrected chi connectivity index (χ3v) is 3.08. The minimum atomic E-state index is 0.176. The lowest BCUT2D eigenvalue weighted by atomic mass is 10.1. The molecule has 0 spiro atoms. The molecule has 0 radical (unpaired) electrons. The lowest BCUT2D eigenvalue weighted by Gasteiger charge is -2.16. The van der Waals surface area contributed by atoms with Gasteiger partial charge >= 0.3 is 0 Å². The largest absolute Gasteiger partial charge is 0.508 e. The highest BCUT2D eigenvalue weighted by Gasteiger charge is 2.15. The Morgan fingerprint density at radius 3 is 2.62 bits per heavy atom. The highest BCUT2D eigenvalue weighted by molar-refractivity contribution is 6.06. The molecule has 2 rings (SSSR count). The van der Waals surface area contributed by atoms with Crippen LogP contribution in [0.2, 0.25) is 0 Å². The van der Waals surface area contributed by atoms with Gasteiger partial charge in [-0.15, -0.1) is 5.10 Å². The molecule has 3 N–H and O–H groups in total. The monoisotopic (exact) mass is 285 g/mol. The first-order valence-electron chi connectivity index (χ1n) is 6.55. The topological polar surface area (TPSA) is 87.6 Å². The number of hydrogen-bond acceptors (Lipinski definition) is 6. The van der Waals surface area contributed by atoms with Crippen molar-refractivity contribution in [1.29, 1.82) is 0 Å². The number of nitrogens with zero attached hydrogens (tertiary/aromatic N) is 4. The van der Waals surface area contributed by atoms with Crippen LogP contribution < -0.4 is 10.6 Å². The number of anilines is 2. The molecule has 1 aromatic heterocycles. The van der Waals surface area contributed by atoms with E-state index < -0.39 is 0 Å². The van der Waals surface area contributed by atoms with E-state index in [4.69, 9.17) is 5.73 Å². The Morgan fingerprint density at radius 2 is 2.00 bits per heavy atom. The lowest BCUT2D eigenvalue weighted by molar-refractivity contribution is 0.475. The lowest BCUT2D eigenvalue weighted by Crippen LogP contribution is -2.17. The van der Waals surface area contributed by atoms with Crippen molar-refractivity contribution in [3.63, 3.8) is 0 Å². The summed E-state index contributed by atoms with van der Waals surface area (Å²) >= 11 is 0. The number of phenolic OH excluding ortho intramolecular Hbond substituents is 1. The number of aromatic hydroxyl groups is 1. The molecule has 0 atom stereocenters. The quantitative estimate of drug-likeness (QED) is 0.845. The number of rotatable bonds is 3. The normalized spacial score (nSPS) is 11.5. The summed E-state index contributed by atoms with van der Waals surface area (Å²) in [5.41, 5.74) is 9.63. The van der Waals surface area contributed by atoms with E-state index in [9.17, 15) is 5.11 Å². The molecule has 0 saturated carbocycles. The summed E-state index contributed by atoms with van der Waals surface area (Å²) in [7, 11) is 3.72. The van der Waals surface area contributed by atoms with Crippen LogP contribution in [0.4, 0.5) is 17.2 Å². The van der Waals surface area contributed by atoms with Crippen LogP contribution in [0.1, 0.15) is 18.2 Å². The Morgan fingerprint density at radius 1 is 1.29 bits per heavy atom. The van der Waals surface area contributed by atoms with Crippen LogP contribution in [-0.4, -0.2) is 35.1 Å². The van der Waals surface area contributed by atoms with E-state index in [1.807, 2.05) is 38.9 Å². The Hall–Kier alpha value is -2.63. The molecule has 0 fully saturated rings. The van der Waals surface area contributed by atoms with Crippen LogP contribution in [0.25, 0.3) is 0 Å². The Bertz CT molecular complexity index is 694. The molecule has 2 aromatic rings. The van der Waals surface area contributed by atoms with Crippen molar-refractivity contribution < 1.29 is 5.11 Å². The number of aliphatic imine (C=N–C) groups is 1. The molecule has 0 aliphatic carbocycles. The van der Waals surface area contributed by atoms with Gasteiger partial charge in [0.05, 0.1) is 17.1 Å². The second kappa shape index (κ2) is 5.78. The van der Waals surface area contributed by atoms with Gasteiger partial charge in [-0.05, 0) is 26.0 Å². The molecule has 21 heavy (non-hydrogen) atoms. The standard InChI is InChI=1S/C15H19N5O/c1-9(17-11-6-5-7-12(21)8-11)13-10(2)18-19-15(14(13)16)20(3)4/h5-8,21H,1-4H3,(H2,16,18). The average Bonchev–Trinajstić information content (AvgIpc) is 2.38. The SMILES string of the molecule is CC(=Nc1cccc(O)c1)c1c(C)nnc(N(C)C)c1N. The zero-order valence-corrected chi connectivity index (χ0v) is 12.6. The summed E-state index contributed by atoms with van der Waals surface area (Å²) < 4.78 is 0. The van der Waals surface area contributed by atoms with Gasteiger partial charge in [0, 0.05) is 31.4 Å². The summed E-state index contributed by atoms with van der Waals surface area (Å²) in [6.45, 7) is 3.71. The van der Waals surface area contributed by atoms with Gasteiger partial charge in [0.2, 0.25) is 0 Å². The fourth-order valence-electron chi connectivity index (χ4n) is 2.13. The minimum Gasteiger partial charge on any atom is -0.508 e. The maximum atomic E-state index is 9.50. The number of aromatic nitrogens is 2. The number of aryl methyl sites for hydroxylation is 1. The summed E-state index contributed by atoms with van der Waals surface area (Å²) in [5.74, 6) is 0.789. The molecule has 110 valence electrons. The van der Waals surface area contributed by atoms with E-state index in [1.165, 1.54) is 0 Å². The van der Waals surface area contributed by atoms with Crippen molar-refractivity contribution in [2.75, 3.05) is 24.7 Å². The number of benzene rings is 1. The van der Waals surface area contributed by atoms with Crippen LogP contribution in [-0.2, 0) is 0 Å². The van der Waals surface area contributed by atoms with E-state index in [1.54, 1.807) is 18.2 Å². The van der Waals surface area contributed by atoms with Crippen LogP contribution in [0.15, 0.2) is 29.3 Å². The summed E-state index contributed by atoms with van der Waals surface area (Å²) in [6, 6.07) is 6.76. The van der Waals surface area contributed by atoms with Crippen LogP contribution in [0, 0.1) is 6.92 Å². The first-order valence-corrected chi connectivity index (χ1v) is 6.55. The Balaban J connectivity index is 2.53. The van der Waals surface area contributed by atoms with Gasteiger partial charge in [-0.25, -0.2) is 0 Å². The van der Waals surface area contributed by atoms with Crippen molar-refractivity contribution in [2.45, 2.75) is 13.8 Å². The smallest absolute Gasteiger partial charge is 0.174 e. The fraction of sp³-hybridized carbons (Fsp3) is 0.267. The molecule has 1 aromatic carbocycles. The molecule has 0 aliphatic rings. The average molecular weight is 285 g/mol. The molecule has 1 heterocycles. The zero-order chi connectivity index (χ0) is 15.6. The Kier molecular flexibility index (Phi) is 4.07. The first kappa shape index (κ1) is 14.8. The molecule has 0 amide bonds. The maximum Gasteiger partial charge on any atom is 0.174 e. The second-order valence-corrected chi connectivity index (χ2v) is 5.01. The van der Waals surface area contributed by atoms with E-state index >= 15 is 0 Å². The van der Waals surface area contributed by atoms with E-state index in [-0.39, 0.29) is 5.75 Å². The minimum absolute atomic E-state index is 0.176. The summed E-state index contributed by atoms with van der Waals surface area (Å²) in [6.07, 6.45) is 0. The Labute approximate surface area is 124 Å². The summed E-state index contributed by atoms with van der Waals surface area (Å²) in [5, 5.41) is 17.7. The van der Waals surface area contributed by atoms with Crippen molar-refractivity contribution in [3.05, 3.63) is 35.5 Å². The highest BCUT2D eigenvalue weighted by Crippen LogP contribution is 2.26. The van der Waals surface area contributed by atoms with Crippen LogP contribution in [0.3, 0.4) is 0 Å². The molecule has 6 nitrogen and oxygen atoms in total. The van der Waals surface area contributed by atoms with E-state index in [0.29, 0.717) is 17.2 Å². The van der Waals surface area contributed by atoms with Crippen LogP contribution >= 0.6 is 0 Å². The molecule has 0 bridgehead atoms. The van der Waals surface area contributed by atoms with Crippen molar-refractivity contribution in [3.8, 4) is 5.75 Å². The summed E-state index contributed by atoms with van der Waals surface area (Å²) in [4.78, 5) is 6.31. The second-order valence-electron chi connectivity index (χ2n) is 5.01. The molecule has 0 unspecified atom stereocenters. The number of nitrogens with two attached hydrogens (primary N) is 1. The number of nitrogen functional groups attached to an aromatic ring is 1. The maximum absolute atomic E-state index is 9.50. The molecule has 0 saturated heterocycles. The van der Waals surface area contributed by atoms with Crippen molar-refractivity contribution >= 4 is 22.9 Å². The third-order valence-electron chi connectivity index (χ3n) is 3.08. The van der Waals surface area contributed by atoms with Gasteiger partial charge in [0.25, 0.3) is 0 Å². The van der Waals surface area contributed by atoms with Gasteiger partial charge in [-0.2, -0.15) is 5.10 Å². The number of phenols is 1. The number of hydrogen-bond donors (Lipinski definition) is 2. The predicted octanol–water partition coefficient (Wildman–Crippen LogP) is 2.28. The molecular formula is C15H19N5O. The van der Waals surface area contributed by atoms with Crippen molar-refractivity contribution in [1.82, 2.24) is 10.2 Å². The van der Waals surface area contributed by atoms with E-state index in [0.717, 1.165) is 17.0 Å². The van der Waals surface area contributed by atoms with E-state index in [2.05, 4.69) is 15.2 Å². The van der Waals surface area contributed by atoms with Crippen molar-refractivity contribution in [2.24, 2.45) is 4.99 Å². The van der Waals surface area contributed by atoms with Gasteiger partial charge in [0.1, 0.15) is 5.75 Å². The van der Waals surface area contributed by atoms with Gasteiger partial charge < -0.3 is 15.7 Å². The predicted molar refractivity (Wildman–Crippen MR) is 85.5 cm³/mol. The van der Waals surface area contributed by atoms with Gasteiger partial charge in [-0.3, -0.25) is 4.99 Å². The van der Waals surface area contributed by atoms with Gasteiger partial charge in [-0.1, -0.05) is 6.07 Å². The molecule has 6 heteroatoms. The molecule has 0 aliphatic heterocycles.